The molecule has 1 atom stereocenters. The van der Waals surface area contributed by atoms with E-state index in [-0.39, 0.29) is 18.9 Å². The van der Waals surface area contributed by atoms with Gasteiger partial charge in [0.25, 0.3) is 0 Å². The molecule has 0 aromatic rings. The zero-order valence-electron chi connectivity index (χ0n) is 19.9. The summed E-state index contributed by atoms with van der Waals surface area (Å²) >= 11 is 0. The van der Waals surface area contributed by atoms with Crippen LogP contribution < -0.4 is 0 Å². The summed E-state index contributed by atoms with van der Waals surface area (Å²) in [6, 6.07) is 0. The maximum absolute atomic E-state index is 13.9. The van der Waals surface area contributed by atoms with Crippen molar-refractivity contribution in [2.75, 3.05) is 13.2 Å². The van der Waals surface area contributed by atoms with Crippen molar-refractivity contribution in [1.82, 2.24) is 0 Å². The highest BCUT2D eigenvalue weighted by molar-refractivity contribution is 5.83. The molecule has 0 saturated heterocycles. The van der Waals surface area contributed by atoms with Crippen LogP contribution in [-0.4, -0.2) is 60.9 Å². The molecule has 17 heteroatoms. The molecule has 220 valence electrons. The molecule has 0 aromatic heterocycles. The number of carbonyl (C=O) groups is 2. The minimum atomic E-state index is -7.12. The summed E-state index contributed by atoms with van der Waals surface area (Å²) in [7, 11) is 0. The second kappa shape index (κ2) is 11.4. The van der Waals surface area contributed by atoms with Gasteiger partial charge in [0.2, 0.25) is 0 Å². The number of ether oxygens (including phenoxy) is 2. The predicted molar refractivity (Wildman–Crippen MR) is 99.8 cm³/mol. The molecule has 1 unspecified atom stereocenters. The lowest BCUT2D eigenvalue weighted by atomic mass is 9.84. The van der Waals surface area contributed by atoms with Crippen LogP contribution >= 0.6 is 0 Å². The summed E-state index contributed by atoms with van der Waals surface area (Å²) in [4.78, 5) is 24.0. The van der Waals surface area contributed by atoms with Crippen LogP contribution in [0.25, 0.3) is 0 Å². The van der Waals surface area contributed by atoms with Gasteiger partial charge in [-0.3, -0.25) is 9.59 Å². The number of rotatable bonds is 14. The summed E-state index contributed by atoms with van der Waals surface area (Å²) in [6.45, 7) is 2.74. The monoisotopic (exact) mass is 576 g/mol. The molecule has 37 heavy (non-hydrogen) atoms. The Bertz CT molecular complexity index is 794. The van der Waals surface area contributed by atoms with Crippen molar-refractivity contribution in [2.45, 2.75) is 89.2 Å². The number of hydrogen-bond acceptors (Lipinski definition) is 4. The molecule has 0 saturated carbocycles. The molecule has 4 nitrogen and oxygen atoms in total. The van der Waals surface area contributed by atoms with E-state index in [1.54, 1.807) is 13.8 Å². The fourth-order valence-corrected chi connectivity index (χ4v) is 2.56. The topological polar surface area (TPSA) is 52.6 Å². The summed E-state index contributed by atoms with van der Waals surface area (Å²) in [5.41, 5.74) is -1.93. The smallest absolute Gasteiger partial charge is 0.395 e. The Hall–Kier alpha value is -1.97. The van der Waals surface area contributed by atoms with Crippen molar-refractivity contribution < 1.29 is 76.1 Å². The van der Waals surface area contributed by atoms with Crippen molar-refractivity contribution in [3.63, 3.8) is 0 Å². The van der Waals surface area contributed by atoms with Crippen LogP contribution in [-0.2, 0) is 19.1 Å². The van der Waals surface area contributed by atoms with E-state index in [1.165, 1.54) is 6.92 Å². The van der Waals surface area contributed by atoms with Gasteiger partial charge in [0.05, 0.1) is 24.9 Å². The standard InChI is InChI=1S/C20H25F13O4/c1-5-14(4,6-12(34)36-7-11(2)3)13(35)37-10-18(27,28)15(21,22)8-16(23,24)20(32,33)17(25,26)9-19(29,30)31/h11H,5-10H2,1-4H3. The SMILES string of the molecule is CCC(C)(CC(=O)OCC(C)C)C(=O)OCC(F)(F)C(F)(F)CC(F)(F)C(F)(F)C(F)(F)CC(F)(F)F. The third-order valence-electron chi connectivity index (χ3n) is 5.09. The van der Waals surface area contributed by atoms with E-state index in [0.29, 0.717) is 0 Å². The van der Waals surface area contributed by atoms with Crippen molar-refractivity contribution in [1.29, 1.82) is 0 Å². The van der Waals surface area contributed by atoms with Crippen molar-refractivity contribution >= 4 is 11.9 Å². The third-order valence-corrected chi connectivity index (χ3v) is 5.09. The van der Waals surface area contributed by atoms with Crippen LogP contribution in [0.4, 0.5) is 57.1 Å². The number of alkyl halides is 13. The lowest BCUT2D eigenvalue weighted by molar-refractivity contribution is -0.351. The Morgan fingerprint density at radius 3 is 1.57 bits per heavy atom. The van der Waals surface area contributed by atoms with Crippen LogP contribution in [0.3, 0.4) is 0 Å². The van der Waals surface area contributed by atoms with E-state index in [9.17, 15) is 66.7 Å². The lowest BCUT2D eigenvalue weighted by Crippen LogP contribution is -2.59. The Kier molecular flexibility index (Phi) is 10.8. The summed E-state index contributed by atoms with van der Waals surface area (Å²) < 4.78 is 181. The first kappa shape index (κ1) is 35.0. The highest BCUT2D eigenvalue weighted by atomic mass is 19.4. The number of halogens is 13. The Balaban J connectivity index is 5.61. The second-order valence-corrected chi connectivity index (χ2v) is 9.10. The molecule has 0 rings (SSSR count). The molecule has 0 aromatic carbocycles. The van der Waals surface area contributed by atoms with E-state index >= 15 is 0 Å². The van der Waals surface area contributed by atoms with Crippen LogP contribution in [0.1, 0.15) is 53.4 Å². The maximum atomic E-state index is 13.9. The van der Waals surface area contributed by atoms with Gasteiger partial charge in [-0.2, -0.15) is 57.1 Å². The van der Waals surface area contributed by atoms with Crippen LogP contribution in [0.15, 0.2) is 0 Å². The second-order valence-electron chi connectivity index (χ2n) is 9.10. The maximum Gasteiger partial charge on any atom is 0.395 e. The summed E-state index contributed by atoms with van der Waals surface area (Å²) in [6.07, 6.45) is -15.1. The molecule has 0 aliphatic rings. The van der Waals surface area contributed by atoms with Crippen molar-refractivity contribution in [2.24, 2.45) is 11.3 Å². The van der Waals surface area contributed by atoms with Crippen molar-refractivity contribution in [3.8, 4) is 0 Å². The highest BCUT2D eigenvalue weighted by Gasteiger charge is 2.76. The molecule has 0 radical (unpaired) electrons. The van der Waals surface area contributed by atoms with E-state index in [2.05, 4.69) is 4.74 Å². The first-order valence-corrected chi connectivity index (χ1v) is 10.4. The lowest BCUT2D eigenvalue weighted by Gasteiger charge is -2.36. The first-order valence-electron chi connectivity index (χ1n) is 10.4. The Labute approximate surface area is 202 Å². The van der Waals surface area contributed by atoms with Crippen LogP contribution in [0, 0.1) is 11.3 Å². The molecular formula is C20H25F13O4. The van der Waals surface area contributed by atoms with Gasteiger partial charge in [-0.05, 0) is 19.3 Å². The van der Waals surface area contributed by atoms with Crippen molar-refractivity contribution in [3.05, 3.63) is 0 Å². The summed E-state index contributed by atoms with van der Waals surface area (Å²) in [5, 5.41) is 0. The van der Waals surface area contributed by atoms with Crippen LogP contribution in [0.5, 0.6) is 0 Å². The molecule has 0 fully saturated rings. The molecule has 0 spiro atoms. The fourth-order valence-electron chi connectivity index (χ4n) is 2.56. The molecule has 0 aliphatic carbocycles. The molecule has 0 aliphatic heterocycles. The fraction of sp³-hybridized carbons (Fsp3) is 0.900. The third kappa shape index (κ3) is 9.07. The van der Waals surface area contributed by atoms with E-state index in [0.717, 1.165) is 6.92 Å². The Morgan fingerprint density at radius 1 is 0.703 bits per heavy atom. The van der Waals surface area contributed by atoms with Gasteiger partial charge in [-0.25, -0.2) is 0 Å². The minimum Gasteiger partial charge on any atom is -0.465 e. The van der Waals surface area contributed by atoms with Gasteiger partial charge in [0, 0.05) is 0 Å². The van der Waals surface area contributed by atoms with Gasteiger partial charge >= 0.3 is 47.7 Å². The number of esters is 2. The van der Waals surface area contributed by atoms with Gasteiger partial charge in [-0.15, -0.1) is 0 Å². The first-order chi connectivity index (χ1) is 16.2. The normalized spacial score (nSPS) is 15.9. The van der Waals surface area contributed by atoms with Gasteiger partial charge in [0.1, 0.15) is 6.42 Å². The van der Waals surface area contributed by atoms with E-state index in [1.807, 2.05) is 0 Å². The van der Waals surface area contributed by atoms with Crippen LogP contribution in [0.2, 0.25) is 0 Å². The van der Waals surface area contributed by atoms with E-state index in [4.69, 9.17) is 4.74 Å². The van der Waals surface area contributed by atoms with Gasteiger partial charge in [-0.1, -0.05) is 20.8 Å². The van der Waals surface area contributed by atoms with Gasteiger partial charge < -0.3 is 9.47 Å². The van der Waals surface area contributed by atoms with Gasteiger partial charge in [0.15, 0.2) is 6.61 Å². The quantitative estimate of drug-likeness (QED) is 0.164. The molecule has 0 heterocycles. The Morgan fingerprint density at radius 2 is 1.16 bits per heavy atom. The number of hydrogen-bond donors (Lipinski definition) is 0. The molecular weight excluding hydrogens is 551 g/mol. The average Bonchev–Trinajstić information content (AvgIpc) is 2.67. The zero-order valence-corrected chi connectivity index (χ0v) is 19.9. The minimum absolute atomic E-state index is 0.0984. The summed E-state index contributed by atoms with van der Waals surface area (Å²) in [5.74, 6) is -35.5. The largest absolute Gasteiger partial charge is 0.465 e. The molecule has 0 N–H and O–H groups in total. The average molecular weight is 576 g/mol. The number of carbonyl (C=O) groups excluding carboxylic acids is 2. The molecule has 0 amide bonds. The van der Waals surface area contributed by atoms with E-state index < -0.39 is 79.0 Å². The highest BCUT2D eigenvalue weighted by Crippen LogP contribution is 2.54. The molecule has 0 bridgehead atoms. The zero-order chi connectivity index (χ0) is 29.9. The predicted octanol–water partition coefficient (Wildman–Crippen LogP) is 7.05.